The van der Waals surface area contributed by atoms with Crippen LogP contribution in [0, 0.1) is 17.8 Å². The summed E-state index contributed by atoms with van der Waals surface area (Å²) in [5.41, 5.74) is -0.0276. The second kappa shape index (κ2) is 8.59. The van der Waals surface area contributed by atoms with E-state index in [1.165, 1.54) is 6.42 Å². The third-order valence-corrected chi connectivity index (χ3v) is 5.94. The zero-order chi connectivity index (χ0) is 19.5. The van der Waals surface area contributed by atoms with Gasteiger partial charge in [-0.2, -0.15) is 0 Å². The Kier molecular flexibility index (Phi) is 6.94. The highest BCUT2D eigenvalue weighted by molar-refractivity contribution is 5.79. The normalized spacial score (nSPS) is 25.8. The average Bonchev–Trinajstić information content (AvgIpc) is 2.58. The zero-order valence-electron chi connectivity index (χ0n) is 17.5. The third-order valence-electron chi connectivity index (χ3n) is 5.94. The van der Waals surface area contributed by atoms with Crippen molar-refractivity contribution in [3.63, 3.8) is 0 Å². The Bertz CT molecular complexity index is 488. The van der Waals surface area contributed by atoms with Crippen LogP contribution in [0.5, 0.6) is 0 Å². The summed E-state index contributed by atoms with van der Waals surface area (Å²) in [5, 5.41) is 3.19. The van der Waals surface area contributed by atoms with Crippen molar-refractivity contribution >= 4 is 11.9 Å². The number of nitrogens with one attached hydrogen (secondary N) is 1. The Hall–Kier alpha value is -1.30. The molecule has 0 bridgehead atoms. The van der Waals surface area contributed by atoms with Crippen LogP contribution in [0.15, 0.2) is 0 Å². The van der Waals surface area contributed by atoms with Gasteiger partial charge in [0.25, 0.3) is 0 Å². The van der Waals surface area contributed by atoms with Gasteiger partial charge in [0.05, 0.1) is 0 Å². The molecule has 0 aromatic rings. The number of nitrogens with zero attached hydrogens (tertiary/aromatic N) is 3. The fraction of sp³-hybridized carbons (Fsp3) is 0.900. The molecule has 150 valence electrons. The molecule has 0 aromatic heterocycles. The predicted molar refractivity (Wildman–Crippen MR) is 105 cm³/mol. The van der Waals surface area contributed by atoms with E-state index in [1.54, 1.807) is 19.0 Å². The van der Waals surface area contributed by atoms with E-state index in [4.69, 9.17) is 0 Å². The fourth-order valence-corrected chi connectivity index (χ4v) is 4.33. The van der Waals surface area contributed by atoms with Crippen LogP contribution in [0.3, 0.4) is 0 Å². The number of carbonyl (C=O) groups excluding carboxylic acids is 2. The summed E-state index contributed by atoms with van der Waals surface area (Å²) in [7, 11) is 3.54. The lowest BCUT2D eigenvalue weighted by Gasteiger charge is -2.45. The van der Waals surface area contributed by atoms with Crippen LogP contribution in [0.1, 0.15) is 47.0 Å². The molecule has 26 heavy (non-hydrogen) atoms. The molecule has 6 heteroatoms. The van der Waals surface area contributed by atoms with Crippen LogP contribution in [0.2, 0.25) is 0 Å². The minimum Gasteiger partial charge on any atom is -0.354 e. The van der Waals surface area contributed by atoms with E-state index in [0.717, 1.165) is 25.9 Å². The van der Waals surface area contributed by atoms with Gasteiger partial charge in [0.1, 0.15) is 0 Å². The molecule has 2 aliphatic heterocycles. The van der Waals surface area contributed by atoms with Gasteiger partial charge in [0.2, 0.25) is 5.91 Å². The minimum absolute atomic E-state index is 0.0243. The van der Waals surface area contributed by atoms with Gasteiger partial charge in [-0.1, -0.05) is 13.8 Å². The summed E-state index contributed by atoms with van der Waals surface area (Å²) in [6.07, 6.45) is 2.80. The van der Waals surface area contributed by atoms with Gasteiger partial charge >= 0.3 is 6.03 Å². The average molecular weight is 367 g/mol. The molecule has 2 fully saturated rings. The van der Waals surface area contributed by atoms with Gasteiger partial charge in [-0.05, 0) is 44.9 Å². The van der Waals surface area contributed by atoms with E-state index < -0.39 is 0 Å². The van der Waals surface area contributed by atoms with Gasteiger partial charge in [-0.3, -0.25) is 9.69 Å². The van der Waals surface area contributed by atoms with Crippen molar-refractivity contribution in [3.05, 3.63) is 0 Å². The first kappa shape index (κ1) is 21.0. The molecule has 2 heterocycles. The highest BCUT2D eigenvalue weighted by Crippen LogP contribution is 2.27. The molecule has 0 spiro atoms. The van der Waals surface area contributed by atoms with Crippen LogP contribution < -0.4 is 5.32 Å². The summed E-state index contributed by atoms with van der Waals surface area (Å²) in [6, 6.07) is 0.0401. The number of urea groups is 1. The molecule has 2 unspecified atom stereocenters. The van der Waals surface area contributed by atoms with E-state index in [9.17, 15) is 9.59 Å². The zero-order valence-corrected chi connectivity index (χ0v) is 17.5. The summed E-state index contributed by atoms with van der Waals surface area (Å²) >= 11 is 0. The Morgan fingerprint density at radius 2 is 1.62 bits per heavy atom. The summed E-state index contributed by atoms with van der Waals surface area (Å²) in [4.78, 5) is 30.6. The standard InChI is InChI=1S/C20H38N4O2/c1-15-11-16(2)13-24(12-15)20(3,4)14-21-18(25)17-7-9-23(10-8-17)19(26)22(5)6/h15-17H,7-14H2,1-6H3,(H,21,25). The number of likely N-dealkylation sites (tertiary alicyclic amines) is 2. The van der Waals surface area contributed by atoms with Crippen LogP contribution in [0.25, 0.3) is 0 Å². The Balaban J connectivity index is 1.80. The Labute approximate surface area is 159 Å². The predicted octanol–water partition coefficient (Wildman–Crippen LogP) is 2.25. The van der Waals surface area contributed by atoms with E-state index in [-0.39, 0.29) is 23.4 Å². The minimum atomic E-state index is -0.0276. The molecule has 0 radical (unpaired) electrons. The Morgan fingerprint density at radius 1 is 1.08 bits per heavy atom. The summed E-state index contributed by atoms with van der Waals surface area (Å²) in [6.45, 7) is 13.3. The SMILES string of the molecule is CC1CC(C)CN(C(C)(C)CNC(=O)C2CCN(C(=O)N(C)C)CC2)C1. The number of carbonyl (C=O) groups is 2. The summed E-state index contributed by atoms with van der Waals surface area (Å²) in [5.74, 6) is 1.60. The van der Waals surface area contributed by atoms with Crippen molar-refractivity contribution in [3.8, 4) is 0 Å². The number of hydrogen-bond donors (Lipinski definition) is 1. The van der Waals surface area contributed by atoms with E-state index >= 15 is 0 Å². The highest BCUT2D eigenvalue weighted by Gasteiger charge is 2.34. The second-order valence-corrected chi connectivity index (χ2v) is 9.32. The molecule has 2 atom stereocenters. The number of rotatable bonds is 4. The molecule has 3 amide bonds. The number of piperidine rings is 2. The van der Waals surface area contributed by atoms with E-state index in [2.05, 4.69) is 37.9 Å². The van der Waals surface area contributed by atoms with Crippen LogP contribution in [-0.2, 0) is 4.79 Å². The largest absolute Gasteiger partial charge is 0.354 e. The number of amides is 3. The lowest BCUT2D eigenvalue weighted by molar-refractivity contribution is -0.127. The smallest absolute Gasteiger partial charge is 0.319 e. The lowest BCUT2D eigenvalue weighted by atomic mass is 9.87. The van der Waals surface area contributed by atoms with Crippen molar-refractivity contribution in [2.24, 2.45) is 17.8 Å². The Morgan fingerprint density at radius 3 is 2.12 bits per heavy atom. The third kappa shape index (κ3) is 5.35. The van der Waals surface area contributed by atoms with Crippen LogP contribution >= 0.6 is 0 Å². The second-order valence-electron chi connectivity index (χ2n) is 9.32. The van der Waals surface area contributed by atoms with Gasteiger partial charge in [-0.15, -0.1) is 0 Å². The molecule has 2 aliphatic rings. The first-order valence-corrected chi connectivity index (χ1v) is 10.1. The monoisotopic (exact) mass is 366 g/mol. The number of hydrogen-bond acceptors (Lipinski definition) is 3. The maximum Gasteiger partial charge on any atom is 0.319 e. The molecule has 0 aliphatic carbocycles. The van der Waals surface area contributed by atoms with Gasteiger partial charge in [0, 0.05) is 58.3 Å². The molecule has 2 rings (SSSR count). The van der Waals surface area contributed by atoms with Gasteiger partial charge in [-0.25, -0.2) is 4.79 Å². The van der Waals surface area contributed by atoms with E-state index in [1.807, 2.05) is 4.90 Å². The van der Waals surface area contributed by atoms with Crippen LogP contribution in [-0.4, -0.2) is 79.0 Å². The molecule has 0 saturated carbocycles. The lowest BCUT2D eigenvalue weighted by Crippen LogP contribution is -2.56. The van der Waals surface area contributed by atoms with Gasteiger partial charge < -0.3 is 15.1 Å². The topological polar surface area (TPSA) is 55.9 Å². The quantitative estimate of drug-likeness (QED) is 0.830. The van der Waals surface area contributed by atoms with E-state index in [0.29, 0.717) is 31.5 Å². The van der Waals surface area contributed by atoms with Crippen molar-refractivity contribution in [1.29, 1.82) is 0 Å². The van der Waals surface area contributed by atoms with Crippen molar-refractivity contribution in [2.45, 2.75) is 52.5 Å². The molecule has 1 N–H and O–H groups in total. The first-order valence-electron chi connectivity index (χ1n) is 10.1. The molecule has 2 saturated heterocycles. The van der Waals surface area contributed by atoms with Crippen LogP contribution in [0.4, 0.5) is 4.79 Å². The molecule has 0 aromatic carbocycles. The molecule has 6 nitrogen and oxygen atoms in total. The summed E-state index contributed by atoms with van der Waals surface area (Å²) < 4.78 is 0. The van der Waals surface area contributed by atoms with Crippen molar-refractivity contribution in [1.82, 2.24) is 20.0 Å². The highest BCUT2D eigenvalue weighted by atomic mass is 16.2. The molecular formula is C20H38N4O2. The maximum atomic E-state index is 12.6. The van der Waals surface area contributed by atoms with Gasteiger partial charge in [0.15, 0.2) is 0 Å². The fourth-order valence-electron chi connectivity index (χ4n) is 4.33. The maximum absolute atomic E-state index is 12.6. The first-order chi connectivity index (χ1) is 12.1. The van der Waals surface area contributed by atoms with Crippen molar-refractivity contribution < 1.29 is 9.59 Å². The molecular weight excluding hydrogens is 328 g/mol. The van der Waals surface area contributed by atoms with Crippen molar-refractivity contribution in [2.75, 3.05) is 46.8 Å².